The molecule has 45 heavy (non-hydrogen) atoms. The molecule has 236 valence electrons. The van der Waals surface area contributed by atoms with Gasteiger partial charge in [-0.2, -0.15) is 8.96 Å². The largest absolute Gasteiger partial charge is 0.456 e. The number of rotatable bonds is 7. The third kappa shape index (κ3) is 7.13. The molecule has 0 aliphatic carbocycles. The molecule has 1 aliphatic rings. The normalized spacial score (nSPS) is 19.0. The maximum Gasteiger partial charge on any atom is 0.344 e. The van der Waals surface area contributed by atoms with Gasteiger partial charge in [-0.05, 0) is 25.1 Å². The lowest BCUT2D eigenvalue weighted by atomic mass is 10.1. The second-order valence-electron chi connectivity index (χ2n) is 9.51. The summed E-state index contributed by atoms with van der Waals surface area (Å²) in [7, 11) is 0. The van der Waals surface area contributed by atoms with E-state index in [1.54, 1.807) is 0 Å². The van der Waals surface area contributed by atoms with Crippen molar-refractivity contribution in [2.24, 2.45) is 0 Å². The molecule has 0 saturated carbocycles. The number of aromatic nitrogens is 3. The standard InChI is InChI=1S/C28H23ClFN3O12/c1-12-22(43-14(3)35)23(44-15(4)36)26(41-12)32-11-19(30)25(38)33(28(32)40)24(37)16-6-5-7-17(8-16)27(39)45-21-9-20(42-13(2)34)18(29)10-31-21/h5-12,22-23,26H,1-4H3/t12-,22-,23-,26-/m1/s1. The number of esters is 4. The molecule has 17 heteroatoms. The number of ether oxygens (including phenoxy) is 5. The van der Waals surface area contributed by atoms with Gasteiger partial charge in [0.2, 0.25) is 11.7 Å². The highest BCUT2D eigenvalue weighted by Gasteiger charge is 2.49. The Morgan fingerprint density at radius 2 is 1.58 bits per heavy atom. The highest BCUT2D eigenvalue weighted by Crippen LogP contribution is 2.33. The van der Waals surface area contributed by atoms with Gasteiger partial charge in [0.05, 0.1) is 24.1 Å². The Kier molecular flexibility index (Phi) is 9.58. The fourth-order valence-corrected chi connectivity index (χ4v) is 4.50. The highest BCUT2D eigenvalue weighted by molar-refractivity contribution is 6.32. The van der Waals surface area contributed by atoms with Crippen molar-refractivity contribution in [1.29, 1.82) is 0 Å². The molecule has 0 bridgehead atoms. The number of nitrogens with zero attached hydrogens (tertiary/aromatic N) is 3. The van der Waals surface area contributed by atoms with Crippen molar-refractivity contribution in [2.75, 3.05) is 0 Å². The van der Waals surface area contributed by atoms with E-state index >= 15 is 0 Å². The number of pyridine rings is 1. The molecule has 0 unspecified atom stereocenters. The Morgan fingerprint density at radius 1 is 0.933 bits per heavy atom. The van der Waals surface area contributed by atoms with E-state index in [4.69, 9.17) is 35.3 Å². The summed E-state index contributed by atoms with van der Waals surface area (Å²) in [5.74, 6) is -6.69. The summed E-state index contributed by atoms with van der Waals surface area (Å²) in [5.41, 5.74) is -3.66. The van der Waals surface area contributed by atoms with Crippen molar-refractivity contribution in [1.82, 2.24) is 14.1 Å². The Balaban J connectivity index is 1.69. The molecule has 4 atom stereocenters. The van der Waals surface area contributed by atoms with Gasteiger partial charge in [-0.3, -0.25) is 28.5 Å². The molecule has 15 nitrogen and oxygen atoms in total. The zero-order valence-corrected chi connectivity index (χ0v) is 24.6. The maximum absolute atomic E-state index is 14.9. The van der Waals surface area contributed by atoms with Crippen molar-refractivity contribution in [2.45, 2.75) is 52.2 Å². The Morgan fingerprint density at radius 3 is 2.22 bits per heavy atom. The van der Waals surface area contributed by atoms with Crippen molar-refractivity contribution in [3.63, 3.8) is 0 Å². The van der Waals surface area contributed by atoms with E-state index in [1.165, 1.54) is 19.1 Å². The minimum Gasteiger partial charge on any atom is -0.456 e. The van der Waals surface area contributed by atoms with Crippen LogP contribution in [0.1, 0.15) is 54.6 Å². The van der Waals surface area contributed by atoms with Crippen LogP contribution in [0.4, 0.5) is 4.39 Å². The summed E-state index contributed by atoms with van der Waals surface area (Å²) in [4.78, 5) is 90.9. The van der Waals surface area contributed by atoms with Crippen LogP contribution in [0.2, 0.25) is 5.02 Å². The maximum atomic E-state index is 14.9. The second-order valence-corrected chi connectivity index (χ2v) is 9.92. The molecule has 1 aromatic carbocycles. The monoisotopic (exact) mass is 647 g/mol. The molecule has 3 aromatic rings. The Labute approximate surface area is 257 Å². The fraction of sp³-hybridized carbons (Fsp3) is 0.286. The molecule has 0 amide bonds. The van der Waals surface area contributed by atoms with Crippen LogP contribution in [0.25, 0.3) is 0 Å². The van der Waals surface area contributed by atoms with Crippen molar-refractivity contribution in [3.8, 4) is 11.6 Å². The molecular formula is C28H23ClFN3O12. The van der Waals surface area contributed by atoms with E-state index < -0.39 is 77.0 Å². The third-order valence-electron chi connectivity index (χ3n) is 6.17. The molecular weight excluding hydrogens is 625 g/mol. The van der Waals surface area contributed by atoms with Crippen LogP contribution in [-0.2, 0) is 28.6 Å². The smallest absolute Gasteiger partial charge is 0.344 e. The number of hydrogen-bond donors (Lipinski definition) is 0. The van der Waals surface area contributed by atoms with Gasteiger partial charge < -0.3 is 23.7 Å². The van der Waals surface area contributed by atoms with Crippen LogP contribution in [0.5, 0.6) is 11.6 Å². The van der Waals surface area contributed by atoms with Crippen LogP contribution < -0.4 is 20.7 Å². The Hall–Kier alpha value is -5.22. The van der Waals surface area contributed by atoms with Crippen LogP contribution in [-0.4, -0.2) is 62.2 Å². The van der Waals surface area contributed by atoms with Crippen molar-refractivity contribution < 1.29 is 52.0 Å². The quantitative estimate of drug-likeness (QED) is 0.338. The van der Waals surface area contributed by atoms with E-state index in [1.807, 2.05) is 0 Å². The van der Waals surface area contributed by atoms with Crippen molar-refractivity contribution >= 4 is 41.4 Å². The number of carbonyl (C=O) groups excluding carboxylic acids is 5. The molecule has 1 aliphatic heterocycles. The lowest BCUT2D eigenvalue weighted by Gasteiger charge is -2.24. The van der Waals surface area contributed by atoms with Crippen LogP contribution in [0.3, 0.4) is 0 Å². The lowest BCUT2D eigenvalue weighted by molar-refractivity contribution is -0.165. The molecule has 2 aromatic heterocycles. The van der Waals surface area contributed by atoms with Crippen LogP contribution in [0.15, 0.2) is 52.3 Å². The first kappa shape index (κ1) is 32.7. The predicted octanol–water partition coefficient (Wildman–Crippen LogP) is 1.81. The molecule has 0 spiro atoms. The van der Waals surface area contributed by atoms with E-state index in [-0.39, 0.29) is 26.8 Å². The van der Waals surface area contributed by atoms with Gasteiger partial charge in [0, 0.05) is 32.4 Å². The van der Waals surface area contributed by atoms with E-state index in [0.717, 1.165) is 45.2 Å². The average Bonchev–Trinajstić information content (AvgIpc) is 3.25. The first-order valence-electron chi connectivity index (χ1n) is 12.9. The number of carbonyl (C=O) groups is 5. The highest BCUT2D eigenvalue weighted by atomic mass is 35.5. The number of benzene rings is 1. The number of hydrogen-bond acceptors (Lipinski definition) is 13. The summed E-state index contributed by atoms with van der Waals surface area (Å²) < 4.78 is 41.5. The first-order chi connectivity index (χ1) is 21.2. The second kappa shape index (κ2) is 13.2. The van der Waals surface area contributed by atoms with Gasteiger partial charge in [0.15, 0.2) is 24.2 Å². The van der Waals surface area contributed by atoms with Gasteiger partial charge in [-0.25, -0.2) is 14.6 Å². The van der Waals surface area contributed by atoms with E-state index in [0.29, 0.717) is 10.8 Å². The lowest BCUT2D eigenvalue weighted by Crippen LogP contribution is -2.48. The summed E-state index contributed by atoms with van der Waals surface area (Å²) in [5, 5.41) is -0.0395. The zero-order chi connectivity index (χ0) is 33.2. The predicted molar refractivity (Wildman–Crippen MR) is 147 cm³/mol. The summed E-state index contributed by atoms with van der Waals surface area (Å²) >= 11 is 5.91. The molecule has 4 rings (SSSR count). The average molecular weight is 648 g/mol. The zero-order valence-electron chi connectivity index (χ0n) is 23.8. The minimum absolute atomic E-state index is 0.0378. The molecule has 3 heterocycles. The first-order valence-corrected chi connectivity index (χ1v) is 13.3. The summed E-state index contributed by atoms with van der Waals surface area (Å²) in [6.45, 7) is 4.70. The minimum atomic E-state index is -1.62. The van der Waals surface area contributed by atoms with Crippen molar-refractivity contribution in [3.05, 3.63) is 85.5 Å². The van der Waals surface area contributed by atoms with Gasteiger partial charge in [-0.1, -0.05) is 17.7 Å². The van der Waals surface area contributed by atoms with Gasteiger partial charge in [0.1, 0.15) is 5.02 Å². The Bertz CT molecular complexity index is 1840. The van der Waals surface area contributed by atoms with Gasteiger partial charge in [-0.15, -0.1) is 0 Å². The number of halogens is 2. The van der Waals surface area contributed by atoms with Crippen LogP contribution >= 0.6 is 11.6 Å². The summed E-state index contributed by atoms with van der Waals surface area (Å²) in [6.07, 6.45) is -3.71. The van der Waals surface area contributed by atoms with E-state index in [2.05, 4.69) is 4.98 Å². The fourth-order valence-electron chi connectivity index (χ4n) is 4.36. The molecule has 1 saturated heterocycles. The molecule has 0 N–H and O–H groups in total. The topological polar surface area (TPSA) is 188 Å². The molecule has 0 radical (unpaired) electrons. The molecule has 1 fully saturated rings. The van der Waals surface area contributed by atoms with Crippen LogP contribution in [0, 0.1) is 5.82 Å². The summed E-state index contributed by atoms with van der Waals surface area (Å²) in [6, 6.07) is 5.66. The SMILES string of the molecule is CC(=O)Oc1cc(OC(=O)c2cccc(C(=O)n3c(=O)c(F)cn([C@@H]4O[C@H](C)[C@@H](OC(C)=O)[C@H]4OC(C)=O)c3=O)c2)ncc1Cl. The van der Waals surface area contributed by atoms with Gasteiger partial charge >= 0.3 is 29.6 Å². The van der Waals surface area contributed by atoms with E-state index in [9.17, 15) is 38.0 Å². The van der Waals surface area contributed by atoms with Gasteiger partial charge in [0.25, 0.3) is 11.5 Å². The third-order valence-corrected chi connectivity index (χ3v) is 6.45.